The van der Waals surface area contributed by atoms with Crippen molar-refractivity contribution < 1.29 is 210 Å². The van der Waals surface area contributed by atoms with Gasteiger partial charge in [-0.2, -0.15) is 0 Å². The van der Waals surface area contributed by atoms with E-state index >= 15 is 0 Å². The molecule has 0 aliphatic carbocycles. The van der Waals surface area contributed by atoms with E-state index in [4.69, 9.17) is 35.0 Å². The summed E-state index contributed by atoms with van der Waals surface area (Å²) in [4.78, 5) is 0. The van der Waals surface area contributed by atoms with Crippen LogP contribution in [0.15, 0.2) is 0 Å². The minimum absolute atomic E-state index is 0. The molecule has 0 atom stereocenters. The van der Waals surface area contributed by atoms with Gasteiger partial charge in [-0.3, -0.25) is 16.8 Å². The average molecular weight is 1120 g/mol. The Hall–Kier alpha value is 7.62. The van der Waals surface area contributed by atoms with Gasteiger partial charge in [0.1, 0.15) is 0 Å². The third-order valence-corrected chi connectivity index (χ3v) is 0. The fraction of sp³-hybridized carbons (Fsp3) is 0. The largest absolute Gasteiger partial charge is 3.00 e. The summed E-state index contributed by atoms with van der Waals surface area (Å²) < 4.78 is 68.2. The Labute approximate surface area is 512 Å². The molecule has 0 saturated carbocycles. The van der Waals surface area contributed by atoms with Gasteiger partial charge in [0.25, 0.3) is 0 Å². The molecule has 0 aromatic carbocycles. The molecule has 0 saturated heterocycles. The summed E-state index contributed by atoms with van der Waals surface area (Å²) in [6, 6.07) is 0. The molecule has 0 fully saturated rings. The van der Waals surface area contributed by atoms with Gasteiger partial charge in [0.15, 0.2) is 0 Å². The zero-order valence-corrected chi connectivity index (χ0v) is 47.8. The Bertz CT molecular complexity index is 269. The molecule has 0 heterocycles. The molecule has 0 aromatic heterocycles. The summed E-state index contributed by atoms with van der Waals surface area (Å²) in [7, 11) is -10.3. The van der Waals surface area contributed by atoms with E-state index in [1.165, 1.54) is 0 Å². The van der Waals surface area contributed by atoms with Gasteiger partial charge in [0.2, 0.25) is 0 Å². The Morgan fingerprint density at radius 1 is 0.193 bits per heavy atom. The maximum absolute atomic E-state index is 8.52. The van der Waals surface area contributed by atoms with Crippen LogP contribution < -0.4 is 0 Å². The van der Waals surface area contributed by atoms with E-state index in [0.29, 0.717) is 0 Å². The fourth-order valence-electron chi connectivity index (χ4n) is 0. The minimum atomic E-state index is -5.17. The monoisotopic (exact) mass is 1120 g/mol. The van der Waals surface area contributed by atoms with Gasteiger partial charge in [-0.05, 0) is 0 Å². The first-order valence-corrected chi connectivity index (χ1v) is 4.00. The van der Waals surface area contributed by atoms with Gasteiger partial charge in [-0.15, -0.1) is 0 Å². The second-order valence-electron chi connectivity index (χ2n) is 0.816. The van der Waals surface area contributed by atoms with Crippen molar-refractivity contribution in [1.29, 1.82) is 0 Å². The van der Waals surface area contributed by atoms with E-state index in [0.717, 1.165) is 0 Å². The molecule has 0 aliphatic heterocycles. The fourth-order valence-corrected chi connectivity index (χ4v) is 0. The normalized spacial score (nSPS) is 2.04. The molecule has 0 bridgehead atoms. The van der Waals surface area contributed by atoms with Gasteiger partial charge in [0, 0.05) is 20.8 Å². The zero-order chi connectivity index (χ0) is 9.00. The Balaban J connectivity index is -0.000000000262. The molecule has 0 unspecified atom stereocenters. The predicted molar refractivity (Wildman–Crippen MR) is 165 cm³/mol. The van der Waals surface area contributed by atoms with E-state index in [-0.39, 0.29) is 464 Å². The second kappa shape index (κ2) is 648. The molecule has 0 aliphatic rings. The van der Waals surface area contributed by atoms with Crippen LogP contribution in [-0.2, 0) is 48.2 Å². The van der Waals surface area contributed by atoms with Crippen molar-refractivity contribution in [1.82, 2.24) is 0 Å². The standard InChI is InChI=1S/10Al.5Mg.2H2O4S.27H2O.5O/c;;;;;;;;;;;;;;;2*1-5(2,3)4;;;;;;;;;;;;;;;;;;;;;;;;;;;;;;;;/h;;;;;;;;;;;;;;;2*(H2,1,2,3,4);27*1H2;;;;;/q10*+3;5*+2;;;;;;;;;;;;;;;;;;;;;;;;;;;;;;5*-2/p-30. The van der Waals surface area contributed by atoms with Crippen molar-refractivity contribution >= 4 is 310 Å². The maximum Gasteiger partial charge on any atom is 3.00 e. The van der Waals surface area contributed by atoms with Crippen molar-refractivity contribution in [3.05, 3.63) is 0 Å². The molecule has 40 nitrogen and oxygen atoms in total. The zero-order valence-electron chi connectivity index (χ0n) is 27.6. The van der Waals surface area contributed by atoms with Crippen LogP contribution in [0.4, 0.5) is 0 Å². The third-order valence-electron chi connectivity index (χ3n) is 0. The molecular formula is H28Al10Mg5O40S2. The summed E-state index contributed by atoms with van der Waals surface area (Å²) in [5, 5.41) is 0. The Morgan fingerprint density at radius 2 is 0.193 bits per heavy atom. The quantitative estimate of drug-likeness (QED) is 0.123. The van der Waals surface area contributed by atoms with Crippen LogP contribution in [0.5, 0.6) is 0 Å². The van der Waals surface area contributed by atoms with Crippen LogP contribution in [0.3, 0.4) is 0 Å². The van der Waals surface area contributed by atoms with E-state index in [1.807, 2.05) is 0 Å². The average Bonchev–Trinajstić information content (AvgIpc) is 1.12. The summed E-state index contributed by atoms with van der Waals surface area (Å²) >= 11 is 0. The minimum Gasteiger partial charge on any atom is -2.00 e. The number of hydrogen-bond donors (Lipinski definition) is 0. The van der Waals surface area contributed by atoms with Crippen molar-refractivity contribution in [2.45, 2.75) is 0 Å². The van der Waals surface area contributed by atoms with Gasteiger partial charge in [-0.1, -0.05) is 0 Å². The molecule has 28 N–H and O–H groups in total. The maximum atomic E-state index is 8.52. The van der Waals surface area contributed by atoms with Crippen LogP contribution >= 0.6 is 0 Å². The first-order chi connectivity index (χ1) is 4.00. The van der Waals surface area contributed by atoms with Crippen LogP contribution in [0.25, 0.3) is 0 Å². The second-order valence-corrected chi connectivity index (χ2v) is 2.45. The van der Waals surface area contributed by atoms with Crippen LogP contribution in [0, 0.1) is 0 Å². The third kappa shape index (κ3) is 4160. The summed E-state index contributed by atoms with van der Waals surface area (Å²) in [5.41, 5.74) is 0. The van der Waals surface area contributed by atoms with E-state index in [1.54, 1.807) is 0 Å². The number of hydrogen-bond acceptors (Lipinski definition) is 34. The molecule has 0 aromatic rings. The van der Waals surface area contributed by atoms with Crippen molar-refractivity contribution in [2.75, 3.05) is 0 Å². The van der Waals surface area contributed by atoms with Crippen molar-refractivity contribution in [3.63, 3.8) is 0 Å². The first-order valence-electron chi connectivity index (χ1n) is 1.33. The van der Waals surface area contributed by atoms with Gasteiger partial charge in [-0.25, -0.2) is 0 Å². The molecule has 0 spiro atoms. The van der Waals surface area contributed by atoms with Crippen LogP contribution in [0.1, 0.15) is 0 Å². The van der Waals surface area contributed by atoms with E-state index in [9.17, 15) is 0 Å². The summed E-state index contributed by atoms with van der Waals surface area (Å²) in [6.07, 6.45) is 0. The summed E-state index contributed by atoms with van der Waals surface area (Å²) in [5.74, 6) is 0. The topological polar surface area (TPSA) is 1110 Å². The van der Waals surface area contributed by atoms with E-state index < -0.39 is 20.8 Å². The van der Waals surface area contributed by atoms with Crippen molar-refractivity contribution in [2.24, 2.45) is 0 Å². The molecule has 0 amide bonds. The number of rotatable bonds is 0. The first kappa shape index (κ1) is 1070. The Kier molecular flexibility index (Phi) is 12200. The molecule has 320 valence electrons. The predicted octanol–water partition coefficient (Wildman–Crippen LogP) is -14.4. The van der Waals surface area contributed by atoms with Crippen molar-refractivity contribution in [3.8, 4) is 0 Å². The SMILES string of the molecule is O.O=S(=O)([O-])[O-].O=S(=O)([O-])[O-].[Al+3].[Al+3].[Al+3].[Al+3].[Al+3].[Al+3].[Al+3].[Al+3].[Al+3].[Al+3].[Mg+2].[Mg+2].[Mg+2].[Mg+2].[Mg+2].[O-2].[O-2].[O-2].[O-2].[O-2].[OH-].[OH-].[OH-].[OH-].[OH-].[OH-].[OH-].[OH-].[OH-].[OH-].[OH-].[OH-].[OH-].[OH-].[OH-].[OH-].[OH-].[OH-].[OH-].[OH-].[OH-].[OH-].[OH-].[OH-].[OH-].[OH-]. The van der Waals surface area contributed by atoms with E-state index in [2.05, 4.69) is 0 Å². The van der Waals surface area contributed by atoms with Gasteiger partial charge >= 0.3 is 289 Å². The summed E-state index contributed by atoms with van der Waals surface area (Å²) in [6.45, 7) is 0. The van der Waals surface area contributed by atoms with Gasteiger partial charge < -0.3 is 193 Å². The van der Waals surface area contributed by atoms with Gasteiger partial charge in [0.05, 0.1) is 0 Å². The molecule has 57 heteroatoms. The molecule has 57 heavy (non-hydrogen) atoms. The molecular weight excluding hydrogens is 1100 g/mol. The Morgan fingerprint density at radius 3 is 0.193 bits per heavy atom. The molecule has 0 rings (SSSR count). The van der Waals surface area contributed by atoms with Crippen LogP contribution in [0.2, 0.25) is 0 Å². The molecule has 0 radical (unpaired) electrons. The smallest absolute Gasteiger partial charge is 2.00 e. The van der Waals surface area contributed by atoms with Crippen LogP contribution in [-0.4, -0.2) is 472 Å².